The SMILES string of the molecule is C=C(C)CNC(=O)/C=C(C)/C=C/[C@@H]1C[C@H]1c1ccc(Br)c(Br)c1. The molecule has 1 fully saturated rings. The van der Waals surface area contributed by atoms with E-state index in [0.29, 0.717) is 18.4 Å². The lowest BCUT2D eigenvalue weighted by atomic mass is 10.1. The maximum absolute atomic E-state index is 11.7. The summed E-state index contributed by atoms with van der Waals surface area (Å²) in [4.78, 5) is 11.7. The summed E-state index contributed by atoms with van der Waals surface area (Å²) in [5.41, 5.74) is 3.27. The van der Waals surface area contributed by atoms with Crippen LogP contribution >= 0.6 is 31.9 Å². The van der Waals surface area contributed by atoms with E-state index in [9.17, 15) is 4.79 Å². The van der Waals surface area contributed by atoms with Crippen molar-refractivity contribution in [1.29, 1.82) is 0 Å². The van der Waals surface area contributed by atoms with Crippen LogP contribution in [0, 0.1) is 5.92 Å². The molecule has 122 valence electrons. The zero-order valence-corrected chi connectivity index (χ0v) is 16.6. The average molecular weight is 439 g/mol. The molecule has 1 aromatic rings. The van der Waals surface area contributed by atoms with Crippen molar-refractivity contribution in [2.45, 2.75) is 26.2 Å². The number of nitrogens with one attached hydrogen (secondary N) is 1. The Kier molecular flexibility index (Phi) is 6.42. The van der Waals surface area contributed by atoms with Crippen molar-refractivity contribution >= 4 is 37.8 Å². The third-order valence-electron chi connectivity index (χ3n) is 3.74. The first-order valence-corrected chi connectivity index (χ1v) is 9.19. The third-order valence-corrected chi connectivity index (χ3v) is 5.62. The van der Waals surface area contributed by atoms with Gasteiger partial charge in [-0.1, -0.05) is 30.4 Å². The fraction of sp³-hybridized carbons (Fsp3) is 0.316. The van der Waals surface area contributed by atoms with E-state index >= 15 is 0 Å². The van der Waals surface area contributed by atoms with Crippen LogP contribution in [0.25, 0.3) is 0 Å². The van der Waals surface area contributed by atoms with Gasteiger partial charge in [0.1, 0.15) is 0 Å². The minimum Gasteiger partial charge on any atom is -0.349 e. The number of amides is 1. The second-order valence-corrected chi connectivity index (χ2v) is 7.81. The molecule has 0 aliphatic heterocycles. The Morgan fingerprint density at radius 3 is 2.74 bits per heavy atom. The maximum Gasteiger partial charge on any atom is 0.244 e. The molecule has 0 aromatic heterocycles. The number of carbonyl (C=O) groups excluding carboxylic acids is 1. The number of halogens is 2. The van der Waals surface area contributed by atoms with Crippen LogP contribution in [0.4, 0.5) is 0 Å². The van der Waals surface area contributed by atoms with Gasteiger partial charge in [0, 0.05) is 21.6 Å². The summed E-state index contributed by atoms with van der Waals surface area (Å²) in [5.74, 6) is 1.07. The molecule has 4 heteroatoms. The van der Waals surface area contributed by atoms with E-state index in [-0.39, 0.29) is 5.91 Å². The van der Waals surface area contributed by atoms with Crippen LogP contribution in [0.3, 0.4) is 0 Å². The molecule has 2 nitrogen and oxygen atoms in total. The van der Waals surface area contributed by atoms with Gasteiger partial charge in [0.15, 0.2) is 0 Å². The predicted octanol–water partition coefficient (Wildman–Crippen LogP) is 5.51. The lowest BCUT2D eigenvalue weighted by molar-refractivity contribution is -0.116. The summed E-state index contributed by atoms with van der Waals surface area (Å²) in [7, 11) is 0. The van der Waals surface area contributed by atoms with Crippen molar-refractivity contribution < 1.29 is 4.79 Å². The summed E-state index contributed by atoms with van der Waals surface area (Å²) in [6, 6.07) is 6.42. The first kappa shape index (κ1) is 18.2. The Hall–Kier alpha value is -1.13. The van der Waals surface area contributed by atoms with Gasteiger partial charge in [0.2, 0.25) is 5.91 Å². The summed E-state index contributed by atoms with van der Waals surface area (Å²) < 4.78 is 2.17. The van der Waals surface area contributed by atoms with Gasteiger partial charge in [-0.2, -0.15) is 0 Å². The van der Waals surface area contributed by atoms with E-state index in [1.165, 1.54) is 12.0 Å². The van der Waals surface area contributed by atoms with Crippen LogP contribution < -0.4 is 5.32 Å². The first-order chi connectivity index (χ1) is 10.9. The molecule has 1 aromatic carbocycles. The largest absolute Gasteiger partial charge is 0.349 e. The van der Waals surface area contributed by atoms with Crippen molar-refractivity contribution in [3.05, 3.63) is 68.7 Å². The minimum absolute atomic E-state index is 0.0701. The third kappa shape index (κ3) is 5.78. The van der Waals surface area contributed by atoms with Crippen LogP contribution in [0.15, 0.2) is 63.1 Å². The molecular weight excluding hydrogens is 418 g/mol. The molecule has 0 unspecified atom stereocenters. The molecule has 0 spiro atoms. The molecule has 1 amide bonds. The number of allylic oxidation sites excluding steroid dienone is 3. The van der Waals surface area contributed by atoms with Crippen molar-refractivity contribution in [2.75, 3.05) is 6.54 Å². The lowest BCUT2D eigenvalue weighted by Gasteiger charge is -2.02. The second kappa shape index (κ2) is 8.11. The molecule has 2 atom stereocenters. The maximum atomic E-state index is 11.7. The summed E-state index contributed by atoms with van der Waals surface area (Å²) in [6.45, 7) is 8.13. The summed E-state index contributed by atoms with van der Waals surface area (Å²) in [6.07, 6.45) is 7.05. The highest BCUT2D eigenvalue weighted by Crippen LogP contribution is 2.49. The molecule has 0 saturated heterocycles. The van der Waals surface area contributed by atoms with Gasteiger partial charge < -0.3 is 5.32 Å². The minimum atomic E-state index is -0.0701. The van der Waals surface area contributed by atoms with Gasteiger partial charge in [-0.3, -0.25) is 4.79 Å². The van der Waals surface area contributed by atoms with Gasteiger partial charge in [0.25, 0.3) is 0 Å². The Morgan fingerprint density at radius 2 is 2.09 bits per heavy atom. The van der Waals surface area contributed by atoms with Gasteiger partial charge in [-0.05, 0) is 87.2 Å². The Balaban J connectivity index is 1.88. The topological polar surface area (TPSA) is 29.1 Å². The van der Waals surface area contributed by atoms with Crippen molar-refractivity contribution in [2.24, 2.45) is 5.92 Å². The van der Waals surface area contributed by atoms with E-state index in [2.05, 4.69) is 68.0 Å². The van der Waals surface area contributed by atoms with Gasteiger partial charge >= 0.3 is 0 Å². The molecule has 1 aliphatic carbocycles. The zero-order valence-electron chi connectivity index (χ0n) is 13.4. The molecule has 1 saturated carbocycles. The highest BCUT2D eigenvalue weighted by molar-refractivity contribution is 9.13. The zero-order chi connectivity index (χ0) is 17.0. The van der Waals surface area contributed by atoms with Crippen LogP contribution in [-0.2, 0) is 4.79 Å². The van der Waals surface area contributed by atoms with E-state index in [1.54, 1.807) is 6.08 Å². The Bertz CT molecular complexity index is 676. The average Bonchev–Trinajstić information content (AvgIpc) is 3.25. The number of hydrogen-bond acceptors (Lipinski definition) is 1. The van der Waals surface area contributed by atoms with Crippen LogP contribution in [0.1, 0.15) is 31.7 Å². The number of rotatable bonds is 6. The molecular formula is C19H21Br2NO. The molecule has 1 aliphatic rings. The monoisotopic (exact) mass is 437 g/mol. The van der Waals surface area contributed by atoms with Crippen molar-refractivity contribution in [3.63, 3.8) is 0 Å². The fourth-order valence-corrected chi connectivity index (χ4v) is 3.02. The van der Waals surface area contributed by atoms with Gasteiger partial charge in [-0.25, -0.2) is 0 Å². The molecule has 23 heavy (non-hydrogen) atoms. The van der Waals surface area contributed by atoms with Crippen LogP contribution in [0.5, 0.6) is 0 Å². The number of hydrogen-bond donors (Lipinski definition) is 1. The Labute approximate surface area is 155 Å². The van der Waals surface area contributed by atoms with Crippen LogP contribution in [0.2, 0.25) is 0 Å². The molecule has 2 rings (SSSR count). The van der Waals surface area contributed by atoms with E-state index in [1.807, 2.05) is 19.9 Å². The normalized spacial score (nSPS) is 20.6. The van der Waals surface area contributed by atoms with Crippen LogP contribution in [-0.4, -0.2) is 12.5 Å². The lowest BCUT2D eigenvalue weighted by Crippen LogP contribution is -2.22. The Morgan fingerprint density at radius 1 is 1.35 bits per heavy atom. The van der Waals surface area contributed by atoms with E-state index < -0.39 is 0 Å². The molecule has 0 bridgehead atoms. The van der Waals surface area contributed by atoms with Crippen molar-refractivity contribution in [3.8, 4) is 0 Å². The predicted molar refractivity (Wildman–Crippen MR) is 103 cm³/mol. The van der Waals surface area contributed by atoms with Crippen molar-refractivity contribution in [1.82, 2.24) is 5.32 Å². The highest BCUT2D eigenvalue weighted by Gasteiger charge is 2.36. The number of carbonyl (C=O) groups is 1. The standard InChI is InChI=1S/C19H21Br2NO/c1-12(2)11-22-19(23)8-13(3)4-5-14-9-16(14)15-6-7-17(20)18(21)10-15/h4-8,10,14,16H,1,9,11H2,2-3H3,(H,22,23)/b5-4+,13-8+/t14-,16-/m1/s1. The molecule has 0 radical (unpaired) electrons. The highest BCUT2D eigenvalue weighted by atomic mass is 79.9. The van der Waals surface area contributed by atoms with E-state index in [4.69, 9.17) is 0 Å². The fourth-order valence-electron chi connectivity index (χ4n) is 2.37. The summed E-state index contributed by atoms with van der Waals surface area (Å²) in [5, 5.41) is 2.80. The van der Waals surface area contributed by atoms with Gasteiger partial charge in [0.05, 0.1) is 0 Å². The second-order valence-electron chi connectivity index (χ2n) is 6.10. The molecule has 1 N–H and O–H groups in total. The first-order valence-electron chi connectivity index (χ1n) is 7.60. The van der Waals surface area contributed by atoms with E-state index in [0.717, 1.165) is 20.1 Å². The van der Waals surface area contributed by atoms with Gasteiger partial charge in [-0.15, -0.1) is 0 Å². The number of benzene rings is 1. The quantitative estimate of drug-likeness (QED) is 0.354. The summed E-state index contributed by atoms with van der Waals surface area (Å²) >= 11 is 7.05. The smallest absolute Gasteiger partial charge is 0.244 e. The molecule has 0 heterocycles.